The molecule has 3 heteroatoms. The van der Waals surface area contributed by atoms with Gasteiger partial charge in [-0.05, 0) is 38.0 Å². The number of ether oxygens (including phenoxy) is 1. The van der Waals surface area contributed by atoms with Crippen molar-refractivity contribution >= 4 is 0 Å². The van der Waals surface area contributed by atoms with Crippen molar-refractivity contribution in [3.63, 3.8) is 0 Å². The molecule has 1 aliphatic heterocycles. The third-order valence-electron chi connectivity index (χ3n) is 2.41. The van der Waals surface area contributed by atoms with Crippen LogP contribution in [0.3, 0.4) is 0 Å². The SMILES string of the molecule is CC(C)(C)ONCc1ccc2c(c1)CCO2. The van der Waals surface area contributed by atoms with E-state index in [9.17, 15) is 0 Å². The summed E-state index contributed by atoms with van der Waals surface area (Å²) >= 11 is 0. The number of fused-ring (bicyclic) bond motifs is 1. The number of benzene rings is 1. The Morgan fingerprint density at radius 3 is 2.94 bits per heavy atom. The standard InChI is InChI=1S/C13H19NO2/c1-13(2,3)16-14-9-10-4-5-12-11(8-10)6-7-15-12/h4-5,8,14H,6-7,9H2,1-3H3. The van der Waals surface area contributed by atoms with Crippen LogP contribution in [-0.2, 0) is 17.8 Å². The number of hydroxylamine groups is 1. The van der Waals surface area contributed by atoms with Gasteiger partial charge in [0, 0.05) is 13.0 Å². The van der Waals surface area contributed by atoms with E-state index in [1.807, 2.05) is 26.8 Å². The van der Waals surface area contributed by atoms with Gasteiger partial charge in [-0.15, -0.1) is 0 Å². The highest BCUT2D eigenvalue weighted by Crippen LogP contribution is 2.25. The molecule has 0 aromatic heterocycles. The summed E-state index contributed by atoms with van der Waals surface area (Å²) in [4.78, 5) is 5.47. The lowest BCUT2D eigenvalue weighted by atomic mass is 10.1. The molecule has 88 valence electrons. The van der Waals surface area contributed by atoms with E-state index in [1.165, 1.54) is 11.1 Å². The van der Waals surface area contributed by atoms with Gasteiger partial charge in [0.2, 0.25) is 0 Å². The van der Waals surface area contributed by atoms with Crippen molar-refractivity contribution < 1.29 is 9.57 Å². The molecule has 2 rings (SSSR count). The second kappa shape index (κ2) is 4.44. The van der Waals surface area contributed by atoms with E-state index in [2.05, 4.69) is 17.6 Å². The van der Waals surface area contributed by atoms with E-state index in [1.54, 1.807) is 0 Å². The first kappa shape index (κ1) is 11.4. The zero-order valence-electron chi connectivity index (χ0n) is 10.2. The van der Waals surface area contributed by atoms with Crippen molar-refractivity contribution in [1.82, 2.24) is 5.48 Å². The summed E-state index contributed by atoms with van der Waals surface area (Å²) in [5, 5.41) is 0. The fourth-order valence-corrected chi connectivity index (χ4v) is 1.69. The maximum absolute atomic E-state index is 5.47. The fourth-order valence-electron chi connectivity index (χ4n) is 1.69. The minimum absolute atomic E-state index is 0.153. The average Bonchev–Trinajstić information content (AvgIpc) is 2.62. The first-order valence-corrected chi connectivity index (χ1v) is 5.70. The molecular weight excluding hydrogens is 202 g/mol. The Bertz CT molecular complexity index is 369. The lowest BCUT2D eigenvalue weighted by Gasteiger charge is -2.19. The van der Waals surface area contributed by atoms with Gasteiger partial charge in [-0.25, -0.2) is 0 Å². The second-order valence-corrected chi connectivity index (χ2v) is 5.08. The van der Waals surface area contributed by atoms with Crippen molar-refractivity contribution in [1.29, 1.82) is 0 Å². The van der Waals surface area contributed by atoms with Crippen LogP contribution >= 0.6 is 0 Å². The summed E-state index contributed by atoms with van der Waals surface area (Å²) < 4.78 is 5.46. The van der Waals surface area contributed by atoms with Crippen LogP contribution < -0.4 is 10.2 Å². The molecule has 0 atom stereocenters. The van der Waals surface area contributed by atoms with Crippen LogP contribution in [0.5, 0.6) is 5.75 Å². The molecule has 1 aromatic carbocycles. The Labute approximate surface area is 96.7 Å². The molecule has 3 nitrogen and oxygen atoms in total. The van der Waals surface area contributed by atoms with Crippen LogP contribution in [0.1, 0.15) is 31.9 Å². The van der Waals surface area contributed by atoms with Gasteiger partial charge >= 0.3 is 0 Å². The van der Waals surface area contributed by atoms with E-state index in [-0.39, 0.29) is 5.60 Å². The highest BCUT2D eigenvalue weighted by molar-refractivity contribution is 5.39. The van der Waals surface area contributed by atoms with Gasteiger partial charge in [-0.2, -0.15) is 5.48 Å². The van der Waals surface area contributed by atoms with Crippen molar-refractivity contribution in [3.05, 3.63) is 29.3 Å². The van der Waals surface area contributed by atoms with Crippen molar-refractivity contribution in [3.8, 4) is 5.75 Å². The molecule has 0 fully saturated rings. The van der Waals surface area contributed by atoms with Gasteiger partial charge in [0.25, 0.3) is 0 Å². The summed E-state index contributed by atoms with van der Waals surface area (Å²) in [6, 6.07) is 6.29. The zero-order valence-corrected chi connectivity index (χ0v) is 10.2. The summed E-state index contributed by atoms with van der Waals surface area (Å²) in [6.45, 7) is 7.61. The maximum Gasteiger partial charge on any atom is 0.122 e. The first-order chi connectivity index (χ1) is 7.54. The van der Waals surface area contributed by atoms with Crippen molar-refractivity contribution in [2.45, 2.75) is 39.3 Å². The molecule has 16 heavy (non-hydrogen) atoms. The smallest absolute Gasteiger partial charge is 0.122 e. The Balaban J connectivity index is 1.91. The van der Waals surface area contributed by atoms with Gasteiger partial charge in [-0.3, -0.25) is 4.84 Å². The van der Waals surface area contributed by atoms with Gasteiger partial charge < -0.3 is 4.74 Å². The molecule has 0 saturated carbocycles. The Morgan fingerprint density at radius 1 is 1.38 bits per heavy atom. The maximum atomic E-state index is 5.47. The van der Waals surface area contributed by atoms with Crippen molar-refractivity contribution in [2.24, 2.45) is 0 Å². The Hall–Kier alpha value is -1.06. The lowest BCUT2D eigenvalue weighted by molar-refractivity contribution is -0.0757. The van der Waals surface area contributed by atoms with Gasteiger partial charge in [0.15, 0.2) is 0 Å². The molecule has 0 amide bonds. The van der Waals surface area contributed by atoms with Crippen LogP contribution in [0, 0.1) is 0 Å². The number of rotatable bonds is 3. The van der Waals surface area contributed by atoms with Gasteiger partial charge in [0.05, 0.1) is 12.2 Å². The van der Waals surface area contributed by atoms with E-state index in [0.717, 1.165) is 25.3 Å². The van der Waals surface area contributed by atoms with E-state index in [0.29, 0.717) is 0 Å². The van der Waals surface area contributed by atoms with Crippen LogP contribution in [0.4, 0.5) is 0 Å². The third kappa shape index (κ3) is 2.97. The van der Waals surface area contributed by atoms with Crippen molar-refractivity contribution in [2.75, 3.05) is 6.61 Å². The molecule has 0 radical (unpaired) electrons. The molecule has 0 aliphatic carbocycles. The normalized spacial score (nSPS) is 14.7. The van der Waals surface area contributed by atoms with E-state index in [4.69, 9.17) is 9.57 Å². The summed E-state index contributed by atoms with van der Waals surface area (Å²) in [7, 11) is 0. The average molecular weight is 221 g/mol. The van der Waals surface area contributed by atoms with E-state index < -0.39 is 0 Å². The minimum Gasteiger partial charge on any atom is -0.493 e. The molecule has 0 bridgehead atoms. The van der Waals surface area contributed by atoms with Crippen LogP contribution in [0.25, 0.3) is 0 Å². The first-order valence-electron chi connectivity index (χ1n) is 5.70. The second-order valence-electron chi connectivity index (χ2n) is 5.08. The predicted octanol–water partition coefficient (Wildman–Crippen LogP) is 2.44. The molecule has 1 N–H and O–H groups in total. The van der Waals surface area contributed by atoms with E-state index >= 15 is 0 Å². The fraction of sp³-hybridized carbons (Fsp3) is 0.538. The Kier molecular flexibility index (Phi) is 3.17. The van der Waals surface area contributed by atoms with Crippen LogP contribution in [0.15, 0.2) is 18.2 Å². The highest BCUT2D eigenvalue weighted by Gasteiger charge is 2.13. The number of hydrogen-bond donors (Lipinski definition) is 1. The molecule has 1 heterocycles. The minimum atomic E-state index is -0.153. The van der Waals surface area contributed by atoms with Crippen LogP contribution in [-0.4, -0.2) is 12.2 Å². The lowest BCUT2D eigenvalue weighted by Crippen LogP contribution is -2.28. The summed E-state index contributed by atoms with van der Waals surface area (Å²) in [6.07, 6.45) is 1.02. The molecule has 1 aliphatic rings. The van der Waals surface area contributed by atoms with Gasteiger partial charge in [0.1, 0.15) is 5.75 Å². The molecule has 0 saturated heterocycles. The monoisotopic (exact) mass is 221 g/mol. The highest BCUT2D eigenvalue weighted by atomic mass is 16.7. The summed E-state index contributed by atoms with van der Waals surface area (Å²) in [5.74, 6) is 1.03. The molecule has 0 spiro atoms. The third-order valence-corrected chi connectivity index (χ3v) is 2.41. The quantitative estimate of drug-likeness (QED) is 0.795. The number of hydrogen-bond acceptors (Lipinski definition) is 3. The zero-order chi connectivity index (χ0) is 11.6. The van der Waals surface area contributed by atoms with Crippen LogP contribution in [0.2, 0.25) is 0 Å². The molecule has 1 aromatic rings. The topological polar surface area (TPSA) is 30.5 Å². The largest absolute Gasteiger partial charge is 0.493 e. The number of nitrogens with one attached hydrogen (secondary N) is 1. The molecule has 0 unspecified atom stereocenters. The van der Waals surface area contributed by atoms with Gasteiger partial charge in [-0.1, -0.05) is 12.1 Å². The molecular formula is C13H19NO2. The predicted molar refractivity (Wildman–Crippen MR) is 63.3 cm³/mol. The Morgan fingerprint density at radius 2 is 2.19 bits per heavy atom. The summed E-state index contributed by atoms with van der Waals surface area (Å²) in [5.41, 5.74) is 5.37.